The number of fused-ring (bicyclic) bond motifs is 1. The van der Waals surface area contributed by atoms with E-state index < -0.39 is 35.5 Å². The molecule has 31 heavy (non-hydrogen) atoms. The molecule has 0 aliphatic rings. The van der Waals surface area contributed by atoms with Crippen molar-refractivity contribution in [2.45, 2.75) is 6.54 Å². The van der Waals surface area contributed by atoms with Crippen LogP contribution in [0.2, 0.25) is 5.02 Å². The van der Waals surface area contributed by atoms with E-state index in [1.165, 1.54) is 12.1 Å². The Bertz CT molecular complexity index is 1390. The van der Waals surface area contributed by atoms with Crippen LogP contribution in [-0.2, 0) is 11.3 Å². The molecule has 5 nitrogen and oxygen atoms in total. The minimum absolute atomic E-state index is 0.00496. The Morgan fingerprint density at radius 1 is 0.968 bits per heavy atom. The van der Waals surface area contributed by atoms with E-state index in [2.05, 4.69) is 10.4 Å². The average Bonchev–Trinajstić information content (AvgIpc) is 2.74. The molecule has 0 saturated carbocycles. The second-order valence-corrected chi connectivity index (χ2v) is 7.07. The first-order valence-corrected chi connectivity index (χ1v) is 9.41. The van der Waals surface area contributed by atoms with Crippen LogP contribution in [0.5, 0.6) is 0 Å². The van der Waals surface area contributed by atoms with Crippen molar-refractivity contribution in [2.75, 3.05) is 5.32 Å². The van der Waals surface area contributed by atoms with Crippen LogP contribution in [0.15, 0.2) is 65.5 Å². The number of aromatic nitrogens is 2. The molecule has 0 saturated heterocycles. The number of hydrogen-bond donors (Lipinski definition) is 1. The summed E-state index contributed by atoms with van der Waals surface area (Å²) in [6.45, 7) is -0.478. The number of carbonyl (C=O) groups is 1. The molecule has 4 aromatic rings. The summed E-state index contributed by atoms with van der Waals surface area (Å²) in [5.41, 5.74) is 0.0811. The molecule has 0 unspecified atom stereocenters. The fourth-order valence-electron chi connectivity index (χ4n) is 3.12. The Kier molecular flexibility index (Phi) is 5.48. The highest BCUT2D eigenvalue weighted by Crippen LogP contribution is 2.26. The summed E-state index contributed by atoms with van der Waals surface area (Å²) in [7, 11) is 0. The van der Waals surface area contributed by atoms with E-state index in [4.69, 9.17) is 11.6 Å². The van der Waals surface area contributed by atoms with Gasteiger partial charge < -0.3 is 5.32 Å². The van der Waals surface area contributed by atoms with Gasteiger partial charge in [-0.2, -0.15) is 5.10 Å². The Balaban J connectivity index is 1.75. The van der Waals surface area contributed by atoms with Crippen LogP contribution >= 0.6 is 11.6 Å². The summed E-state index contributed by atoms with van der Waals surface area (Å²) in [6, 6.07) is 13.2. The highest BCUT2D eigenvalue weighted by atomic mass is 35.5. The Hall–Kier alpha value is -3.65. The van der Waals surface area contributed by atoms with Gasteiger partial charge in [-0.15, -0.1) is 0 Å². The van der Waals surface area contributed by atoms with Crippen molar-refractivity contribution in [1.29, 1.82) is 0 Å². The first-order chi connectivity index (χ1) is 14.8. The number of rotatable bonds is 4. The highest BCUT2D eigenvalue weighted by molar-refractivity contribution is 6.33. The molecule has 0 spiro atoms. The smallest absolute Gasteiger partial charge is 0.275 e. The predicted molar refractivity (Wildman–Crippen MR) is 111 cm³/mol. The maximum atomic E-state index is 13.8. The third kappa shape index (κ3) is 4.15. The summed E-state index contributed by atoms with van der Waals surface area (Å²) in [4.78, 5) is 25.3. The summed E-state index contributed by atoms with van der Waals surface area (Å²) in [5, 5.41) is 7.39. The number of nitrogens with zero attached hydrogens (tertiary/aromatic N) is 2. The molecule has 9 heteroatoms. The van der Waals surface area contributed by atoms with Crippen molar-refractivity contribution in [3.05, 3.63) is 93.5 Å². The van der Waals surface area contributed by atoms with Crippen LogP contribution in [0.4, 0.5) is 18.9 Å². The van der Waals surface area contributed by atoms with E-state index >= 15 is 0 Å². The van der Waals surface area contributed by atoms with E-state index in [1.54, 1.807) is 24.3 Å². The van der Waals surface area contributed by atoms with E-state index in [9.17, 15) is 22.8 Å². The fourth-order valence-corrected chi connectivity index (χ4v) is 3.33. The van der Waals surface area contributed by atoms with Gasteiger partial charge in [0.05, 0.1) is 21.8 Å². The summed E-state index contributed by atoms with van der Waals surface area (Å²) in [6.07, 6.45) is 0. The van der Waals surface area contributed by atoms with Crippen molar-refractivity contribution < 1.29 is 18.0 Å². The van der Waals surface area contributed by atoms with Crippen LogP contribution < -0.4 is 10.9 Å². The number of hydrogen-bond acceptors (Lipinski definition) is 3. The molecule has 156 valence electrons. The van der Waals surface area contributed by atoms with E-state index in [0.29, 0.717) is 5.39 Å². The molecule has 4 rings (SSSR count). The van der Waals surface area contributed by atoms with Gasteiger partial charge in [0.2, 0.25) is 5.91 Å². The van der Waals surface area contributed by atoms with Crippen molar-refractivity contribution in [3.8, 4) is 11.3 Å². The third-order valence-corrected chi connectivity index (χ3v) is 4.87. The van der Waals surface area contributed by atoms with Gasteiger partial charge in [0.1, 0.15) is 12.4 Å². The molecule has 1 amide bonds. The molecule has 0 radical (unpaired) electrons. The molecular weight excluding hydrogens is 431 g/mol. The normalized spacial score (nSPS) is 11.0. The van der Waals surface area contributed by atoms with Crippen LogP contribution in [0.3, 0.4) is 0 Å². The molecule has 3 aromatic carbocycles. The zero-order valence-electron chi connectivity index (χ0n) is 15.7. The lowest BCUT2D eigenvalue weighted by atomic mass is 10.0. The van der Waals surface area contributed by atoms with Crippen molar-refractivity contribution >= 4 is 34.0 Å². The second-order valence-electron chi connectivity index (χ2n) is 6.66. The molecule has 0 bridgehead atoms. The third-order valence-electron chi connectivity index (χ3n) is 4.56. The molecule has 0 atom stereocenters. The van der Waals surface area contributed by atoms with Gasteiger partial charge in [-0.1, -0.05) is 29.8 Å². The molecule has 0 fully saturated rings. The lowest BCUT2D eigenvalue weighted by Gasteiger charge is -2.12. The van der Waals surface area contributed by atoms with Crippen LogP contribution in [0.25, 0.3) is 22.0 Å². The minimum Gasteiger partial charge on any atom is -0.323 e. The van der Waals surface area contributed by atoms with Gasteiger partial charge in [-0.05, 0) is 42.5 Å². The van der Waals surface area contributed by atoms with E-state index in [0.717, 1.165) is 28.9 Å². The number of amides is 1. The number of nitrogens with one attached hydrogen (secondary N) is 1. The number of carbonyl (C=O) groups excluding carboxylic acids is 1. The Labute approximate surface area is 178 Å². The minimum atomic E-state index is -1.06. The average molecular weight is 444 g/mol. The fraction of sp³-hybridized carbons (Fsp3) is 0.0455. The predicted octanol–water partition coefficient (Wildman–Crippen LogP) is 4.77. The van der Waals surface area contributed by atoms with Gasteiger partial charge in [0.15, 0.2) is 11.6 Å². The zero-order chi connectivity index (χ0) is 22.1. The number of benzene rings is 3. The Morgan fingerprint density at radius 3 is 2.42 bits per heavy atom. The van der Waals surface area contributed by atoms with Crippen molar-refractivity contribution in [2.24, 2.45) is 0 Å². The molecule has 1 aromatic heterocycles. The van der Waals surface area contributed by atoms with Gasteiger partial charge in [-0.3, -0.25) is 9.59 Å². The van der Waals surface area contributed by atoms with E-state index in [1.807, 2.05) is 0 Å². The summed E-state index contributed by atoms with van der Waals surface area (Å²) in [5.74, 6) is -3.28. The standard InChI is InChI=1S/C22H13ClF3N3O2/c23-16-10-13(24)6-8-19(16)27-20(30)11-29-22(31)15-4-2-1-3-14(15)21(28-29)12-5-7-17(25)18(26)9-12/h1-10H,11H2,(H,27,30). The van der Waals surface area contributed by atoms with Gasteiger partial charge >= 0.3 is 0 Å². The van der Waals surface area contributed by atoms with Gasteiger partial charge in [0, 0.05) is 10.9 Å². The molecule has 1 N–H and O–H groups in total. The zero-order valence-corrected chi connectivity index (χ0v) is 16.5. The summed E-state index contributed by atoms with van der Waals surface area (Å²) < 4.78 is 41.3. The second kappa shape index (κ2) is 8.23. The SMILES string of the molecule is O=C(Cn1nc(-c2ccc(F)c(F)c2)c2ccccc2c1=O)Nc1ccc(F)cc1Cl. The molecule has 0 aliphatic carbocycles. The first kappa shape index (κ1) is 20.6. The Morgan fingerprint density at radius 2 is 1.71 bits per heavy atom. The summed E-state index contributed by atoms with van der Waals surface area (Å²) >= 11 is 5.91. The first-order valence-electron chi connectivity index (χ1n) is 9.03. The maximum Gasteiger partial charge on any atom is 0.275 e. The van der Waals surface area contributed by atoms with Crippen LogP contribution in [0, 0.1) is 17.5 Å². The van der Waals surface area contributed by atoms with Crippen molar-refractivity contribution in [1.82, 2.24) is 9.78 Å². The number of anilines is 1. The van der Waals surface area contributed by atoms with Gasteiger partial charge in [-0.25, -0.2) is 17.9 Å². The quantitative estimate of drug-likeness (QED) is 0.494. The lowest BCUT2D eigenvalue weighted by molar-refractivity contribution is -0.117. The van der Waals surface area contributed by atoms with Gasteiger partial charge in [0.25, 0.3) is 5.56 Å². The highest BCUT2D eigenvalue weighted by Gasteiger charge is 2.16. The molecule has 0 aliphatic heterocycles. The molecule has 1 heterocycles. The van der Waals surface area contributed by atoms with Crippen LogP contribution in [-0.4, -0.2) is 15.7 Å². The van der Waals surface area contributed by atoms with Crippen LogP contribution in [0.1, 0.15) is 0 Å². The maximum absolute atomic E-state index is 13.8. The topological polar surface area (TPSA) is 64.0 Å². The number of halogens is 4. The molecular formula is C22H13ClF3N3O2. The monoisotopic (exact) mass is 443 g/mol. The lowest BCUT2D eigenvalue weighted by Crippen LogP contribution is -2.30. The van der Waals surface area contributed by atoms with E-state index in [-0.39, 0.29) is 27.4 Å². The largest absolute Gasteiger partial charge is 0.323 e. The van der Waals surface area contributed by atoms with Crippen molar-refractivity contribution in [3.63, 3.8) is 0 Å².